The van der Waals surface area contributed by atoms with Crippen LogP contribution < -0.4 is 5.32 Å². The number of rotatable bonds is 6. The molecule has 0 radical (unpaired) electrons. The molecule has 3 aromatic rings. The van der Waals surface area contributed by atoms with E-state index in [-0.39, 0.29) is 17.3 Å². The smallest absolute Gasteiger partial charge is 0.405 e. The number of imidazole rings is 1. The first kappa shape index (κ1) is 30.3. The highest BCUT2D eigenvalue weighted by Crippen LogP contribution is 2.36. The van der Waals surface area contributed by atoms with Gasteiger partial charge in [0.15, 0.2) is 23.5 Å². The monoisotopic (exact) mass is 548 g/mol. The largest absolute Gasteiger partial charge is 0.479 e. The van der Waals surface area contributed by atoms with E-state index < -0.39 is 42.9 Å². The van der Waals surface area contributed by atoms with Gasteiger partial charge in [-0.05, 0) is 12.0 Å². The summed E-state index contributed by atoms with van der Waals surface area (Å²) in [7, 11) is 0. The zero-order valence-corrected chi connectivity index (χ0v) is 19.9. The molecule has 0 aromatic carbocycles. The number of hydrogen-bond acceptors (Lipinski definition) is 7. The van der Waals surface area contributed by atoms with Crippen molar-refractivity contribution in [3.8, 4) is 0 Å². The van der Waals surface area contributed by atoms with Gasteiger partial charge in [-0.2, -0.15) is 13.2 Å². The Hall–Kier alpha value is -3.96. The number of aromatic nitrogens is 4. The summed E-state index contributed by atoms with van der Waals surface area (Å²) in [6.45, 7) is 1.46. The third-order valence-corrected chi connectivity index (χ3v) is 5.95. The predicted octanol–water partition coefficient (Wildman–Crippen LogP) is -0.0394. The Bertz CT molecular complexity index is 1260. The van der Waals surface area contributed by atoms with Crippen molar-refractivity contribution in [2.45, 2.75) is 37.6 Å². The second-order valence-electron chi connectivity index (χ2n) is 8.37. The Morgan fingerprint density at radius 2 is 1.76 bits per heavy atom. The maximum Gasteiger partial charge on any atom is 0.405 e. The van der Waals surface area contributed by atoms with E-state index in [1.807, 2.05) is 22.7 Å². The van der Waals surface area contributed by atoms with Crippen LogP contribution in [-0.4, -0.2) is 106 Å². The maximum atomic E-state index is 12.4. The molecule has 38 heavy (non-hydrogen) atoms. The standard InChI is InChI=1S/C17H19F3N6O.C4H6O6.H2O/c1-2-10-7-25(16(27)24-9-17(18,19)20)8-11(10)13-5-22-14-6-23-15-12(26(13)14)3-4-21-15;5-1(3(7)8)2(6)4(9)10;/h3-6,10-11,21H,2,7-9H2,1H3,(H,24,27);1-2,5-6H,(H,7,8)(H,9,10);1H2/t10-,11+;1-,2-;/m11./s1. The quantitative estimate of drug-likeness (QED) is 0.243. The fourth-order valence-corrected chi connectivity index (χ4v) is 4.10. The summed E-state index contributed by atoms with van der Waals surface area (Å²) in [6.07, 6.45) is -2.91. The highest BCUT2D eigenvalue weighted by Gasteiger charge is 2.38. The number of carboxylic acid groups (broad SMARTS) is 2. The molecule has 4 rings (SSSR count). The first-order valence-corrected chi connectivity index (χ1v) is 11.0. The molecule has 0 spiro atoms. The summed E-state index contributed by atoms with van der Waals surface area (Å²) in [4.78, 5) is 45.0. The zero-order chi connectivity index (χ0) is 27.5. The molecule has 1 aliphatic heterocycles. The lowest BCUT2D eigenvalue weighted by Crippen LogP contribution is -2.42. The minimum Gasteiger partial charge on any atom is -0.479 e. The van der Waals surface area contributed by atoms with Gasteiger partial charge in [0.2, 0.25) is 0 Å². The number of carbonyl (C=O) groups excluding carboxylic acids is 1. The van der Waals surface area contributed by atoms with Gasteiger partial charge in [0.25, 0.3) is 0 Å². The van der Waals surface area contributed by atoms with Crippen LogP contribution in [0.5, 0.6) is 0 Å². The number of H-pyrrole nitrogens is 1. The van der Waals surface area contributed by atoms with E-state index in [1.165, 1.54) is 4.90 Å². The van der Waals surface area contributed by atoms with Crippen molar-refractivity contribution in [3.63, 3.8) is 0 Å². The molecule has 4 heterocycles. The molecule has 1 saturated heterocycles. The van der Waals surface area contributed by atoms with Gasteiger partial charge in [-0.25, -0.2) is 24.4 Å². The second kappa shape index (κ2) is 12.1. The van der Waals surface area contributed by atoms with Crippen molar-refractivity contribution in [2.75, 3.05) is 19.6 Å². The van der Waals surface area contributed by atoms with Gasteiger partial charge < -0.3 is 41.1 Å². The number of carboxylic acids is 2. The lowest BCUT2D eigenvalue weighted by atomic mass is 9.91. The fraction of sp³-hybridized carbons (Fsp3) is 0.476. The van der Waals surface area contributed by atoms with E-state index in [2.05, 4.69) is 15.0 Å². The molecule has 0 unspecified atom stereocenters. The molecule has 2 amide bonds. The van der Waals surface area contributed by atoms with Crippen LogP contribution in [0, 0.1) is 5.92 Å². The number of aliphatic carboxylic acids is 2. The Kier molecular flexibility index (Phi) is 9.60. The predicted molar refractivity (Wildman–Crippen MR) is 123 cm³/mol. The Labute approximate surface area is 212 Å². The number of hydrogen-bond donors (Lipinski definition) is 6. The summed E-state index contributed by atoms with van der Waals surface area (Å²) in [5.74, 6) is -3.41. The number of alkyl halides is 3. The van der Waals surface area contributed by atoms with Crippen molar-refractivity contribution in [1.82, 2.24) is 29.6 Å². The van der Waals surface area contributed by atoms with Crippen LogP contribution >= 0.6 is 0 Å². The van der Waals surface area contributed by atoms with Crippen molar-refractivity contribution >= 4 is 34.8 Å². The molecule has 210 valence electrons. The first-order valence-electron chi connectivity index (χ1n) is 11.0. The second-order valence-corrected chi connectivity index (χ2v) is 8.37. The number of aliphatic hydroxyl groups is 2. The number of fused-ring (bicyclic) bond motifs is 3. The summed E-state index contributed by atoms with van der Waals surface area (Å²) < 4.78 is 39.2. The van der Waals surface area contributed by atoms with Crippen LogP contribution in [0.15, 0.2) is 24.7 Å². The number of likely N-dealkylation sites (tertiary alicyclic amines) is 1. The fourth-order valence-electron chi connectivity index (χ4n) is 4.10. The lowest BCUT2D eigenvalue weighted by Gasteiger charge is -2.18. The Morgan fingerprint density at radius 1 is 1.13 bits per heavy atom. The number of nitrogens with zero attached hydrogens (tertiary/aromatic N) is 4. The van der Waals surface area contributed by atoms with Gasteiger partial charge in [-0.15, -0.1) is 0 Å². The van der Waals surface area contributed by atoms with E-state index in [9.17, 15) is 27.6 Å². The molecular formula is C21H27F3N6O8. The topological polar surface area (TPSA) is 225 Å². The molecule has 0 saturated carbocycles. The lowest BCUT2D eigenvalue weighted by molar-refractivity contribution is -0.165. The number of aromatic amines is 1. The Balaban J connectivity index is 0.000000396. The van der Waals surface area contributed by atoms with Crippen LogP contribution in [-0.2, 0) is 9.59 Å². The molecular weight excluding hydrogens is 521 g/mol. The third-order valence-electron chi connectivity index (χ3n) is 5.95. The number of carbonyl (C=O) groups is 3. The van der Waals surface area contributed by atoms with Gasteiger partial charge in [0.1, 0.15) is 6.54 Å². The van der Waals surface area contributed by atoms with E-state index in [0.717, 1.165) is 23.3 Å². The average Bonchev–Trinajstić information content (AvgIpc) is 3.57. The molecule has 0 aliphatic carbocycles. The van der Waals surface area contributed by atoms with Crippen LogP contribution in [0.25, 0.3) is 16.8 Å². The summed E-state index contributed by atoms with van der Waals surface area (Å²) in [5, 5.41) is 34.5. The third kappa shape index (κ3) is 6.67. The van der Waals surface area contributed by atoms with Gasteiger partial charge in [0, 0.05) is 37.1 Å². The molecule has 17 heteroatoms. The number of aliphatic hydroxyl groups excluding tert-OH is 2. The van der Waals surface area contributed by atoms with Crippen LogP contribution in [0.3, 0.4) is 0 Å². The van der Waals surface area contributed by atoms with Crippen molar-refractivity contribution in [3.05, 3.63) is 30.4 Å². The average molecular weight is 548 g/mol. The van der Waals surface area contributed by atoms with Gasteiger partial charge in [0.05, 0.1) is 11.7 Å². The Morgan fingerprint density at radius 3 is 2.32 bits per heavy atom. The normalized spacial score (nSPS) is 18.8. The number of halogens is 3. The molecule has 14 nitrogen and oxygen atoms in total. The number of urea groups is 1. The van der Waals surface area contributed by atoms with Crippen LogP contribution in [0.4, 0.5) is 18.0 Å². The van der Waals surface area contributed by atoms with E-state index in [4.69, 9.17) is 20.4 Å². The highest BCUT2D eigenvalue weighted by molar-refractivity contribution is 5.83. The van der Waals surface area contributed by atoms with Gasteiger partial charge >= 0.3 is 24.1 Å². The zero-order valence-electron chi connectivity index (χ0n) is 19.9. The maximum absolute atomic E-state index is 12.4. The highest BCUT2D eigenvalue weighted by atomic mass is 19.4. The van der Waals surface area contributed by atoms with Gasteiger partial charge in [-0.3, -0.25) is 4.40 Å². The summed E-state index contributed by atoms with van der Waals surface area (Å²) >= 11 is 0. The molecule has 8 N–H and O–H groups in total. The SMILES string of the molecule is CC[C@@H]1CN(C(=O)NCC(F)(F)F)C[C@@H]1c1cnc2cnc3[nH]ccc3n12.O.O=C(O)[C@H](O)[C@@H](O)C(=O)O. The first-order chi connectivity index (χ1) is 17.3. The summed E-state index contributed by atoms with van der Waals surface area (Å²) in [5.41, 5.74) is 3.25. The molecule has 1 fully saturated rings. The van der Waals surface area contributed by atoms with E-state index >= 15 is 0 Å². The van der Waals surface area contributed by atoms with Crippen molar-refractivity contribution in [1.29, 1.82) is 0 Å². The number of nitrogens with one attached hydrogen (secondary N) is 2. The molecule has 1 aliphatic rings. The minimum absolute atomic E-state index is 0. The van der Waals surface area contributed by atoms with Crippen molar-refractivity contribution < 1.29 is 53.5 Å². The van der Waals surface area contributed by atoms with Crippen LogP contribution in [0.1, 0.15) is 25.0 Å². The van der Waals surface area contributed by atoms with E-state index in [1.54, 1.807) is 18.6 Å². The van der Waals surface area contributed by atoms with E-state index in [0.29, 0.717) is 18.7 Å². The minimum atomic E-state index is -4.42. The van der Waals surface area contributed by atoms with Gasteiger partial charge in [-0.1, -0.05) is 13.3 Å². The van der Waals surface area contributed by atoms with Crippen LogP contribution in [0.2, 0.25) is 0 Å². The number of amides is 2. The molecule has 3 aromatic heterocycles. The molecule has 0 bridgehead atoms. The van der Waals surface area contributed by atoms with Crippen molar-refractivity contribution in [2.24, 2.45) is 5.92 Å². The molecule has 4 atom stereocenters. The summed E-state index contributed by atoms with van der Waals surface area (Å²) in [6, 6.07) is 1.22.